The van der Waals surface area contributed by atoms with E-state index in [0.29, 0.717) is 25.2 Å². The number of amides is 1. The Balaban J connectivity index is 2.22. The van der Waals surface area contributed by atoms with Crippen LogP contribution in [0, 0.1) is 12.7 Å². The Hall–Kier alpha value is -1.78. The summed E-state index contributed by atoms with van der Waals surface area (Å²) in [6.45, 7) is 8.41. The Bertz CT molecular complexity index is 456. The zero-order valence-electron chi connectivity index (χ0n) is 12.5. The van der Waals surface area contributed by atoms with Crippen LogP contribution in [0.25, 0.3) is 0 Å². The summed E-state index contributed by atoms with van der Waals surface area (Å²) in [4.78, 5) is 11.4. The van der Waals surface area contributed by atoms with E-state index in [4.69, 9.17) is 4.74 Å². The number of carbonyl (C=O) groups is 1. The van der Waals surface area contributed by atoms with Gasteiger partial charge in [-0.1, -0.05) is 6.07 Å². The molecule has 0 aliphatic heterocycles. The minimum Gasteiger partial charge on any atom is -0.444 e. The number of ether oxygens (including phenoxy) is 1. The van der Waals surface area contributed by atoms with Gasteiger partial charge in [0.1, 0.15) is 11.4 Å². The van der Waals surface area contributed by atoms with Gasteiger partial charge in [-0.05, 0) is 51.8 Å². The molecule has 0 unspecified atom stereocenters. The van der Waals surface area contributed by atoms with Gasteiger partial charge in [-0.25, -0.2) is 9.18 Å². The quantitative estimate of drug-likeness (QED) is 0.813. The Morgan fingerprint density at radius 3 is 2.65 bits per heavy atom. The molecule has 0 heterocycles. The van der Waals surface area contributed by atoms with E-state index in [2.05, 4.69) is 10.6 Å². The van der Waals surface area contributed by atoms with Crippen LogP contribution in [0.1, 0.15) is 32.8 Å². The molecule has 0 bridgehead atoms. The van der Waals surface area contributed by atoms with Crippen molar-refractivity contribution in [2.75, 3.05) is 18.4 Å². The summed E-state index contributed by atoms with van der Waals surface area (Å²) in [5, 5.41) is 5.67. The minimum atomic E-state index is -0.493. The number of halogens is 1. The topological polar surface area (TPSA) is 50.4 Å². The van der Waals surface area contributed by atoms with Crippen molar-refractivity contribution >= 4 is 11.8 Å². The standard InChI is InChI=1S/C15H23FN2O2/c1-11-6-7-12(16)13(10-11)17-8-5-9-18-14(19)20-15(2,3)4/h6-7,10,17H,5,8-9H2,1-4H3,(H,18,19). The summed E-state index contributed by atoms with van der Waals surface area (Å²) in [7, 11) is 0. The van der Waals surface area contributed by atoms with Crippen LogP contribution < -0.4 is 10.6 Å². The molecular formula is C15H23FN2O2. The van der Waals surface area contributed by atoms with Gasteiger partial charge in [0.15, 0.2) is 0 Å². The largest absolute Gasteiger partial charge is 0.444 e. The Morgan fingerprint density at radius 1 is 1.30 bits per heavy atom. The van der Waals surface area contributed by atoms with Crippen LogP contribution in [0.2, 0.25) is 0 Å². The molecule has 1 rings (SSSR count). The molecule has 4 nitrogen and oxygen atoms in total. The van der Waals surface area contributed by atoms with Gasteiger partial charge >= 0.3 is 6.09 Å². The highest BCUT2D eigenvalue weighted by molar-refractivity contribution is 5.67. The molecule has 0 fully saturated rings. The van der Waals surface area contributed by atoms with Crippen molar-refractivity contribution in [1.29, 1.82) is 0 Å². The first-order valence-corrected chi connectivity index (χ1v) is 6.75. The SMILES string of the molecule is Cc1ccc(F)c(NCCCNC(=O)OC(C)(C)C)c1. The first-order valence-electron chi connectivity index (χ1n) is 6.75. The van der Waals surface area contributed by atoms with Crippen LogP contribution in [0.15, 0.2) is 18.2 Å². The molecule has 0 radical (unpaired) electrons. The van der Waals surface area contributed by atoms with Crippen molar-refractivity contribution in [1.82, 2.24) is 5.32 Å². The number of hydrogen-bond acceptors (Lipinski definition) is 3. The maximum atomic E-state index is 13.4. The fraction of sp³-hybridized carbons (Fsp3) is 0.533. The Labute approximate surface area is 119 Å². The van der Waals surface area contributed by atoms with Gasteiger partial charge in [-0.15, -0.1) is 0 Å². The van der Waals surface area contributed by atoms with E-state index in [9.17, 15) is 9.18 Å². The van der Waals surface area contributed by atoms with E-state index in [-0.39, 0.29) is 5.82 Å². The highest BCUT2D eigenvalue weighted by Crippen LogP contribution is 2.15. The van der Waals surface area contributed by atoms with Gasteiger partial charge in [-0.2, -0.15) is 0 Å². The molecule has 0 atom stereocenters. The lowest BCUT2D eigenvalue weighted by Crippen LogP contribution is -2.33. The van der Waals surface area contributed by atoms with Gasteiger partial charge in [0, 0.05) is 13.1 Å². The minimum absolute atomic E-state index is 0.268. The van der Waals surface area contributed by atoms with Crippen LogP contribution >= 0.6 is 0 Å². The summed E-state index contributed by atoms with van der Waals surface area (Å²) in [5.74, 6) is -0.268. The Kier molecular flexibility index (Phi) is 5.80. The summed E-state index contributed by atoms with van der Waals surface area (Å²) < 4.78 is 18.5. The second-order valence-electron chi connectivity index (χ2n) is 5.69. The zero-order chi connectivity index (χ0) is 15.2. The summed E-state index contributed by atoms with van der Waals surface area (Å²) in [5.41, 5.74) is 0.996. The van der Waals surface area contributed by atoms with Crippen LogP contribution in [-0.4, -0.2) is 24.8 Å². The smallest absolute Gasteiger partial charge is 0.407 e. The monoisotopic (exact) mass is 282 g/mol. The molecule has 0 saturated heterocycles. The number of alkyl carbamates (subject to hydrolysis) is 1. The number of nitrogens with one attached hydrogen (secondary N) is 2. The van der Waals surface area contributed by atoms with Crippen LogP contribution in [0.3, 0.4) is 0 Å². The van der Waals surface area contributed by atoms with Crippen LogP contribution in [0.5, 0.6) is 0 Å². The van der Waals surface area contributed by atoms with Gasteiger partial charge in [0.05, 0.1) is 5.69 Å². The van der Waals surface area contributed by atoms with E-state index in [1.54, 1.807) is 12.1 Å². The number of anilines is 1. The van der Waals surface area contributed by atoms with E-state index < -0.39 is 11.7 Å². The second-order valence-corrected chi connectivity index (χ2v) is 5.69. The van der Waals surface area contributed by atoms with Gasteiger partial charge in [0.2, 0.25) is 0 Å². The van der Waals surface area contributed by atoms with E-state index in [1.807, 2.05) is 27.7 Å². The van der Waals surface area contributed by atoms with Crippen molar-refractivity contribution in [3.63, 3.8) is 0 Å². The molecule has 1 aromatic carbocycles. The third-order valence-electron chi connectivity index (χ3n) is 2.46. The molecule has 5 heteroatoms. The number of rotatable bonds is 5. The van der Waals surface area contributed by atoms with Crippen molar-refractivity contribution in [3.8, 4) is 0 Å². The molecule has 0 saturated carbocycles. The average Bonchev–Trinajstić information content (AvgIpc) is 2.30. The molecule has 1 aromatic rings. The first-order chi connectivity index (χ1) is 9.28. The van der Waals surface area contributed by atoms with Crippen molar-refractivity contribution < 1.29 is 13.9 Å². The normalized spacial score (nSPS) is 11.1. The predicted octanol–water partition coefficient (Wildman–Crippen LogP) is 3.46. The van der Waals surface area contributed by atoms with Gasteiger partial charge < -0.3 is 15.4 Å². The predicted molar refractivity (Wildman–Crippen MR) is 78.5 cm³/mol. The molecule has 0 aliphatic rings. The molecule has 0 aromatic heterocycles. The van der Waals surface area contributed by atoms with E-state index in [0.717, 1.165) is 5.56 Å². The van der Waals surface area contributed by atoms with E-state index in [1.165, 1.54) is 6.07 Å². The van der Waals surface area contributed by atoms with Crippen LogP contribution in [-0.2, 0) is 4.74 Å². The molecule has 1 amide bonds. The molecule has 20 heavy (non-hydrogen) atoms. The third-order valence-corrected chi connectivity index (χ3v) is 2.46. The van der Waals surface area contributed by atoms with Crippen molar-refractivity contribution in [2.45, 2.75) is 39.7 Å². The fourth-order valence-electron chi connectivity index (χ4n) is 1.59. The van der Waals surface area contributed by atoms with E-state index >= 15 is 0 Å². The summed E-state index contributed by atoms with van der Waals surface area (Å²) in [6.07, 6.45) is 0.256. The lowest BCUT2D eigenvalue weighted by molar-refractivity contribution is 0.0528. The lowest BCUT2D eigenvalue weighted by atomic mass is 10.2. The molecule has 112 valence electrons. The summed E-state index contributed by atoms with van der Waals surface area (Å²) >= 11 is 0. The molecule has 0 spiro atoms. The number of hydrogen-bond donors (Lipinski definition) is 2. The Morgan fingerprint density at radius 2 is 2.00 bits per heavy atom. The van der Waals surface area contributed by atoms with Crippen molar-refractivity contribution in [3.05, 3.63) is 29.6 Å². The molecule has 2 N–H and O–H groups in total. The fourth-order valence-corrected chi connectivity index (χ4v) is 1.59. The lowest BCUT2D eigenvalue weighted by Gasteiger charge is -2.19. The van der Waals surface area contributed by atoms with Crippen LogP contribution in [0.4, 0.5) is 14.9 Å². The summed E-state index contributed by atoms with van der Waals surface area (Å²) in [6, 6.07) is 4.93. The highest BCUT2D eigenvalue weighted by atomic mass is 19.1. The second kappa shape index (κ2) is 7.12. The third kappa shape index (κ3) is 6.41. The number of carbonyl (C=O) groups excluding carboxylic acids is 1. The maximum Gasteiger partial charge on any atom is 0.407 e. The molecule has 0 aliphatic carbocycles. The number of benzene rings is 1. The zero-order valence-corrected chi connectivity index (χ0v) is 12.5. The van der Waals surface area contributed by atoms with Crippen molar-refractivity contribution in [2.24, 2.45) is 0 Å². The number of aryl methyl sites for hydroxylation is 1. The first kappa shape index (κ1) is 16.3. The maximum absolute atomic E-state index is 13.4. The van der Waals surface area contributed by atoms with Gasteiger partial charge in [0.25, 0.3) is 0 Å². The molecular weight excluding hydrogens is 259 g/mol. The average molecular weight is 282 g/mol. The van der Waals surface area contributed by atoms with Gasteiger partial charge in [-0.3, -0.25) is 0 Å². The highest BCUT2D eigenvalue weighted by Gasteiger charge is 2.15.